The number of nitrogens with two attached hydrogens (primary N) is 1. The van der Waals surface area contributed by atoms with Gasteiger partial charge in [-0.1, -0.05) is 30.3 Å². The third-order valence-electron chi connectivity index (χ3n) is 5.12. The fourth-order valence-electron chi connectivity index (χ4n) is 3.76. The maximum absolute atomic E-state index is 13.5. The lowest BCUT2D eigenvalue weighted by Crippen LogP contribution is -2.40. The number of amides is 2. The van der Waals surface area contributed by atoms with E-state index in [9.17, 15) is 9.59 Å². The summed E-state index contributed by atoms with van der Waals surface area (Å²) >= 11 is 1.74. The van der Waals surface area contributed by atoms with Gasteiger partial charge in [0.25, 0.3) is 11.8 Å². The fourth-order valence-corrected chi connectivity index (χ4v) is 4.67. The summed E-state index contributed by atoms with van der Waals surface area (Å²) in [4.78, 5) is 27.7. The standard InChI is InChI=1S/C23H22N2O4S/c1-28-19-13-16(7-8-18(19)29-14-21(24)26)23(27)25-11-9-20-17(10-12-30-20)22(25)15-5-3-2-4-6-15/h2-8,10,12-13,22H,9,11,14H2,1H3,(H2,24,26). The zero-order valence-corrected chi connectivity index (χ0v) is 17.4. The van der Waals surface area contributed by atoms with E-state index >= 15 is 0 Å². The average Bonchev–Trinajstić information content (AvgIpc) is 3.25. The molecule has 154 valence electrons. The lowest BCUT2D eigenvalue weighted by atomic mass is 9.92. The molecule has 2 heterocycles. The first-order valence-electron chi connectivity index (χ1n) is 9.60. The zero-order valence-electron chi connectivity index (χ0n) is 16.5. The van der Waals surface area contributed by atoms with E-state index in [1.54, 1.807) is 29.5 Å². The minimum Gasteiger partial charge on any atom is -0.493 e. The predicted octanol–water partition coefficient (Wildman–Crippen LogP) is 3.41. The van der Waals surface area contributed by atoms with Gasteiger partial charge in [-0.25, -0.2) is 0 Å². The summed E-state index contributed by atoms with van der Waals surface area (Å²) in [7, 11) is 1.49. The Kier molecular flexibility index (Phi) is 5.72. The second kappa shape index (κ2) is 8.59. The smallest absolute Gasteiger partial charge is 0.255 e. The SMILES string of the molecule is COc1cc(C(=O)N2CCc3sccc3C2c2ccccc2)ccc1OCC(N)=O. The molecule has 30 heavy (non-hydrogen) atoms. The van der Waals surface area contributed by atoms with E-state index in [1.165, 1.54) is 17.6 Å². The van der Waals surface area contributed by atoms with Crippen LogP contribution < -0.4 is 15.2 Å². The number of hydrogen-bond acceptors (Lipinski definition) is 5. The van der Waals surface area contributed by atoms with Crippen molar-refractivity contribution in [3.63, 3.8) is 0 Å². The number of carbonyl (C=O) groups is 2. The highest BCUT2D eigenvalue weighted by atomic mass is 32.1. The monoisotopic (exact) mass is 422 g/mol. The van der Waals surface area contributed by atoms with Crippen LogP contribution in [0, 0.1) is 0 Å². The Morgan fingerprint density at radius 2 is 1.93 bits per heavy atom. The number of benzene rings is 2. The third kappa shape index (κ3) is 3.89. The van der Waals surface area contributed by atoms with E-state index in [2.05, 4.69) is 23.6 Å². The minimum absolute atomic E-state index is 0.0829. The van der Waals surface area contributed by atoms with Crippen LogP contribution in [0.15, 0.2) is 60.0 Å². The topological polar surface area (TPSA) is 81.9 Å². The summed E-state index contributed by atoms with van der Waals surface area (Å²) in [5.74, 6) is 0.0843. The van der Waals surface area contributed by atoms with Crippen molar-refractivity contribution in [2.75, 3.05) is 20.3 Å². The van der Waals surface area contributed by atoms with Gasteiger partial charge in [-0.15, -0.1) is 11.3 Å². The van der Waals surface area contributed by atoms with Gasteiger partial charge in [0.15, 0.2) is 18.1 Å². The predicted molar refractivity (Wildman–Crippen MR) is 115 cm³/mol. The molecule has 1 aliphatic rings. The van der Waals surface area contributed by atoms with Crippen molar-refractivity contribution in [2.24, 2.45) is 5.73 Å². The summed E-state index contributed by atoms with van der Waals surface area (Å²) in [6, 6.07) is 17.0. The Bertz CT molecular complexity index is 1060. The number of primary amides is 1. The van der Waals surface area contributed by atoms with Crippen LogP contribution in [0.4, 0.5) is 0 Å². The Labute approximate surface area is 178 Å². The first kappa shape index (κ1) is 20.0. The Morgan fingerprint density at radius 1 is 1.13 bits per heavy atom. The van der Waals surface area contributed by atoms with Gasteiger partial charge in [0, 0.05) is 17.0 Å². The number of carbonyl (C=O) groups excluding carboxylic acids is 2. The quantitative estimate of drug-likeness (QED) is 0.660. The van der Waals surface area contributed by atoms with Crippen LogP contribution in [0.1, 0.15) is 32.4 Å². The molecule has 0 fully saturated rings. The highest BCUT2D eigenvalue weighted by molar-refractivity contribution is 7.10. The average molecular weight is 423 g/mol. The van der Waals surface area contributed by atoms with Crippen molar-refractivity contribution in [1.29, 1.82) is 0 Å². The first-order chi connectivity index (χ1) is 14.6. The van der Waals surface area contributed by atoms with Crippen LogP contribution in [0.25, 0.3) is 0 Å². The molecule has 0 bridgehead atoms. The minimum atomic E-state index is -0.581. The summed E-state index contributed by atoms with van der Waals surface area (Å²) < 4.78 is 10.7. The molecule has 0 spiro atoms. The van der Waals surface area contributed by atoms with Crippen LogP contribution in [-0.2, 0) is 11.2 Å². The van der Waals surface area contributed by atoms with E-state index in [-0.39, 0.29) is 18.6 Å². The highest BCUT2D eigenvalue weighted by Gasteiger charge is 2.33. The second-order valence-electron chi connectivity index (χ2n) is 6.98. The summed E-state index contributed by atoms with van der Waals surface area (Å²) in [6.45, 7) is 0.376. The van der Waals surface area contributed by atoms with Crippen LogP contribution in [0.5, 0.6) is 11.5 Å². The molecule has 0 aliphatic carbocycles. The Hall–Kier alpha value is -3.32. The molecule has 0 saturated carbocycles. The van der Waals surface area contributed by atoms with Crippen molar-refractivity contribution in [3.05, 3.63) is 81.5 Å². The van der Waals surface area contributed by atoms with Crippen molar-refractivity contribution >= 4 is 23.2 Å². The number of ether oxygens (including phenoxy) is 2. The number of rotatable bonds is 6. The molecular formula is C23H22N2O4S. The molecule has 0 saturated heterocycles. The third-order valence-corrected chi connectivity index (χ3v) is 6.12. The molecule has 1 atom stereocenters. The number of nitrogens with zero attached hydrogens (tertiary/aromatic N) is 1. The number of methoxy groups -OCH3 is 1. The van der Waals surface area contributed by atoms with Gasteiger partial charge in [-0.2, -0.15) is 0 Å². The molecule has 3 aromatic rings. The molecule has 2 amide bonds. The highest BCUT2D eigenvalue weighted by Crippen LogP contribution is 2.39. The van der Waals surface area contributed by atoms with Gasteiger partial charge < -0.3 is 20.1 Å². The van der Waals surface area contributed by atoms with E-state index in [4.69, 9.17) is 15.2 Å². The second-order valence-corrected chi connectivity index (χ2v) is 7.98. The van der Waals surface area contributed by atoms with Crippen molar-refractivity contribution < 1.29 is 19.1 Å². The lowest BCUT2D eigenvalue weighted by Gasteiger charge is -2.36. The van der Waals surface area contributed by atoms with Gasteiger partial charge in [0.05, 0.1) is 13.2 Å². The van der Waals surface area contributed by atoms with Gasteiger partial charge >= 0.3 is 0 Å². The van der Waals surface area contributed by atoms with Crippen molar-refractivity contribution in [3.8, 4) is 11.5 Å². The molecule has 7 heteroatoms. The van der Waals surface area contributed by atoms with Crippen molar-refractivity contribution in [1.82, 2.24) is 4.90 Å². The largest absolute Gasteiger partial charge is 0.493 e. The maximum atomic E-state index is 13.5. The van der Waals surface area contributed by atoms with Crippen LogP contribution >= 0.6 is 11.3 Å². The summed E-state index contributed by atoms with van der Waals surface area (Å²) in [6.07, 6.45) is 0.832. The molecule has 1 unspecified atom stereocenters. The summed E-state index contributed by atoms with van der Waals surface area (Å²) in [5.41, 5.74) is 7.90. The van der Waals surface area contributed by atoms with Gasteiger partial charge in [-0.3, -0.25) is 9.59 Å². The Morgan fingerprint density at radius 3 is 2.67 bits per heavy atom. The number of fused-ring (bicyclic) bond motifs is 1. The van der Waals surface area contributed by atoms with E-state index in [0.29, 0.717) is 23.6 Å². The fraction of sp³-hybridized carbons (Fsp3) is 0.217. The van der Waals surface area contributed by atoms with Crippen LogP contribution in [0.2, 0.25) is 0 Å². The van der Waals surface area contributed by atoms with Crippen LogP contribution in [0.3, 0.4) is 0 Å². The number of thiophene rings is 1. The zero-order chi connectivity index (χ0) is 21.1. The molecule has 2 N–H and O–H groups in total. The van der Waals surface area contributed by atoms with Gasteiger partial charge in [0.1, 0.15) is 0 Å². The van der Waals surface area contributed by atoms with Gasteiger partial charge in [-0.05, 0) is 47.2 Å². The molecule has 1 aliphatic heterocycles. The molecule has 1 aromatic heterocycles. The molecular weight excluding hydrogens is 400 g/mol. The van der Waals surface area contributed by atoms with Crippen molar-refractivity contribution in [2.45, 2.75) is 12.5 Å². The molecule has 0 radical (unpaired) electrons. The molecule has 6 nitrogen and oxygen atoms in total. The van der Waals surface area contributed by atoms with Crippen LogP contribution in [-0.4, -0.2) is 37.0 Å². The first-order valence-corrected chi connectivity index (χ1v) is 10.5. The van der Waals surface area contributed by atoms with Gasteiger partial charge in [0.2, 0.25) is 0 Å². The van der Waals surface area contributed by atoms with E-state index in [0.717, 1.165) is 12.0 Å². The van der Waals surface area contributed by atoms with E-state index in [1.807, 2.05) is 23.1 Å². The lowest BCUT2D eigenvalue weighted by molar-refractivity contribution is -0.119. The van der Waals surface area contributed by atoms with E-state index < -0.39 is 5.91 Å². The molecule has 4 rings (SSSR count). The maximum Gasteiger partial charge on any atom is 0.255 e. The molecule has 2 aromatic carbocycles. The Balaban J connectivity index is 1.67. The number of hydrogen-bond donors (Lipinski definition) is 1. The summed E-state index contributed by atoms with van der Waals surface area (Å²) in [5, 5.41) is 2.09. The normalized spacial score (nSPS) is 15.4.